The maximum atomic E-state index is 11.9. The van der Waals surface area contributed by atoms with Crippen LogP contribution >= 0.6 is 0 Å². The van der Waals surface area contributed by atoms with Gasteiger partial charge in [0.1, 0.15) is 12.3 Å². The summed E-state index contributed by atoms with van der Waals surface area (Å²) in [6.45, 7) is 1.50. The van der Waals surface area contributed by atoms with Crippen molar-refractivity contribution >= 4 is 11.9 Å². The molecule has 0 aliphatic heterocycles. The number of aromatic nitrogens is 1. The Morgan fingerprint density at radius 2 is 2.08 bits per heavy atom. The lowest BCUT2D eigenvalue weighted by atomic mass is 10.3. The minimum atomic E-state index is -0.0300. The number of hydrogen-bond acceptors (Lipinski definition) is 3. The van der Waals surface area contributed by atoms with Crippen molar-refractivity contribution in [1.29, 1.82) is 0 Å². The van der Waals surface area contributed by atoms with Crippen molar-refractivity contribution in [3.8, 4) is 0 Å². The van der Waals surface area contributed by atoms with Crippen LogP contribution < -0.4 is 5.32 Å². The summed E-state index contributed by atoms with van der Waals surface area (Å²) < 4.78 is 7.42. The summed E-state index contributed by atoms with van der Waals surface area (Å²) in [6, 6.07) is 7.91. The molecular weight excluding hydrogens is 318 g/mol. The van der Waals surface area contributed by atoms with Crippen molar-refractivity contribution in [3.63, 3.8) is 0 Å². The summed E-state index contributed by atoms with van der Waals surface area (Å²) in [5, 5.41) is 3.32. The number of rotatable bonds is 7. The monoisotopic (exact) mass is 345 g/mol. The van der Waals surface area contributed by atoms with Crippen molar-refractivity contribution in [3.05, 3.63) is 48.2 Å². The molecule has 136 valence electrons. The minimum Gasteiger partial charge on any atom is -0.469 e. The Labute approximate surface area is 148 Å². The summed E-state index contributed by atoms with van der Waals surface area (Å²) in [6.07, 6.45) is 4.44. The summed E-state index contributed by atoms with van der Waals surface area (Å²) in [4.78, 5) is 19.9. The van der Waals surface area contributed by atoms with E-state index < -0.39 is 0 Å². The van der Waals surface area contributed by atoms with E-state index in [2.05, 4.69) is 20.9 Å². The van der Waals surface area contributed by atoms with Gasteiger partial charge in [0.25, 0.3) is 0 Å². The van der Waals surface area contributed by atoms with Gasteiger partial charge in [-0.3, -0.25) is 4.79 Å². The first-order valence-electron chi connectivity index (χ1n) is 8.29. The second-order valence-corrected chi connectivity index (χ2v) is 6.15. The quantitative estimate of drug-likeness (QED) is 0.607. The molecule has 0 bridgehead atoms. The van der Waals surface area contributed by atoms with E-state index in [0.29, 0.717) is 19.0 Å². The van der Waals surface area contributed by atoms with Crippen LogP contribution in [0.15, 0.2) is 46.1 Å². The van der Waals surface area contributed by atoms with Crippen molar-refractivity contribution in [2.75, 3.05) is 34.2 Å². The van der Waals surface area contributed by atoms with Gasteiger partial charge in [0.15, 0.2) is 5.96 Å². The van der Waals surface area contributed by atoms with Crippen molar-refractivity contribution < 1.29 is 9.21 Å². The first-order valence-corrected chi connectivity index (χ1v) is 8.29. The van der Waals surface area contributed by atoms with E-state index in [1.165, 1.54) is 5.69 Å². The van der Waals surface area contributed by atoms with E-state index >= 15 is 0 Å². The fourth-order valence-corrected chi connectivity index (χ4v) is 2.33. The molecule has 0 aromatic carbocycles. The molecule has 2 aromatic rings. The zero-order valence-corrected chi connectivity index (χ0v) is 15.4. The van der Waals surface area contributed by atoms with Crippen LogP contribution in [0.4, 0.5) is 0 Å². The average molecular weight is 345 g/mol. The number of guanidine groups is 1. The third-order valence-corrected chi connectivity index (χ3v) is 3.91. The van der Waals surface area contributed by atoms with Gasteiger partial charge >= 0.3 is 0 Å². The maximum Gasteiger partial charge on any atom is 0.243 e. The predicted molar refractivity (Wildman–Crippen MR) is 98.3 cm³/mol. The first-order chi connectivity index (χ1) is 12.0. The zero-order valence-electron chi connectivity index (χ0n) is 15.4. The lowest BCUT2D eigenvalue weighted by Gasteiger charge is -2.23. The Morgan fingerprint density at radius 1 is 1.28 bits per heavy atom. The Bertz CT molecular complexity index is 688. The van der Waals surface area contributed by atoms with Crippen LogP contribution in [0.5, 0.6) is 0 Å². The fraction of sp³-hybridized carbons (Fsp3) is 0.444. The van der Waals surface area contributed by atoms with Crippen molar-refractivity contribution in [1.82, 2.24) is 19.7 Å². The molecule has 25 heavy (non-hydrogen) atoms. The van der Waals surface area contributed by atoms with Gasteiger partial charge in [-0.25, -0.2) is 4.99 Å². The van der Waals surface area contributed by atoms with Gasteiger partial charge in [-0.1, -0.05) is 0 Å². The standard InChI is InChI=1S/C18H27N5O2/c1-21(2)17(24)13-20-18(19-10-9-16-8-6-12-25-16)23(4)14-15-7-5-11-22(15)3/h5-8,11-12H,9-10,13-14H2,1-4H3,(H,19,20). The number of nitrogens with zero attached hydrogens (tertiary/aromatic N) is 4. The first kappa shape index (κ1) is 18.6. The molecule has 0 aliphatic carbocycles. The van der Waals surface area contributed by atoms with E-state index in [-0.39, 0.29) is 12.5 Å². The van der Waals surface area contributed by atoms with Gasteiger partial charge in [0.2, 0.25) is 5.91 Å². The molecule has 1 amide bonds. The molecule has 0 aliphatic rings. The molecule has 1 N–H and O–H groups in total. The Hall–Kier alpha value is -2.70. The number of likely N-dealkylation sites (N-methyl/N-ethyl adjacent to an activating group) is 1. The number of aliphatic imine (C=N–C) groups is 1. The third-order valence-electron chi connectivity index (χ3n) is 3.91. The molecule has 0 radical (unpaired) electrons. The lowest BCUT2D eigenvalue weighted by Crippen LogP contribution is -2.40. The van der Waals surface area contributed by atoms with Gasteiger partial charge in [0.05, 0.1) is 12.8 Å². The molecule has 0 spiro atoms. The third kappa shape index (κ3) is 5.70. The van der Waals surface area contributed by atoms with Crippen molar-refractivity contribution in [2.45, 2.75) is 13.0 Å². The summed E-state index contributed by atoms with van der Waals surface area (Å²) >= 11 is 0. The Morgan fingerprint density at radius 3 is 2.68 bits per heavy atom. The summed E-state index contributed by atoms with van der Waals surface area (Å²) in [7, 11) is 7.44. The second kappa shape index (κ2) is 8.96. The highest BCUT2D eigenvalue weighted by Gasteiger charge is 2.11. The predicted octanol–water partition coefficient (Wildman–Crippen LogP) is 1.33. The van der Waals surface area contributed by atoms with Crippen LogP contribution in [0.3, 0.4) is 0 Å². The van der Waals surface area contributed by atoms with E-state index in [1.807, 2.05) is 43.4 Å². The van der Waals surface area contributed by atoms with E-state index in [4.69, 9.17) is 4.42 Å². The number of hydrogen-bond donors (Lipinski definition) is 1. The van der Waals surface area contributed by atoms with Crippen LogP contribution in [0.2, 0.25) is 0 Å². The van der Waals surface area contributed by atoms with Crippen LogP contribution in [0.1, 0.15) is 11.5 Å². The van der Waals surface area contributed by atoms with Crippen LogP contribution in [0, 0.1) is 0 Å². The molecule has 0 saturated carbocycles. The Kier molecular flexibility index (Phi) is 6.68. The lowest BCUT2D eigenvalue weighted by molar-refractivity contribution is -0.127. The van der Waals surface area contributed by atoms with E-state index in [1.54, 1.807) is 25.3 Å². The van der Waals surface area contributed by atoms with Crippen LogP contribution in [-0.2, 0) is 24.8 Å². The van der Waals surface area contributed by atoms with E-state index in [9.17, 15) is 4.79 Å². The zero-order chi connectivity index (χ0) is 18.2. The topological polar surface area (TPSA) is 66.0 Å². The van der Waals surface area contributed by atoms with Gasteiger partial charge < -0.3 is 24.1 Å². The normalized spacial score (nSPS) is 11.4. The van der Waals surface area contributed by atoms with Gasteiger partial charge in [-0.15, -0.1) is 0 Å². The van der Waals surface area contributed by atoms with Crippen LogP contribution in [-0.4, -0.2) is 60.5 Å². The average Bonchev–Trinajstić information content (AvgIpc) is 3.22. The number of carbonyl (C=O) groups excluding carboxylic acids is 1. The van der Waals surface area contributed by atoms with E-state index in [0.717, 1.165) is 12.2 Å². The summed E-state index contributed by atoms with van der Waals surface area (Å²) in [5.41, 5.74) is 1.17. The molecule has 7 heteroatoms. The molecule has 7 nitrogen and oxygen atoms in total. The van der Waals surface area contributed by atoms with Gasteiger partial charge in [-0.2, -0.15) is 0 Å². The minimum absolute atomic E-state index is 0.0300. The van der Waals surface area contributed by atoms with Gasteiger partial charge in [0, 0.05) is 53.0 Å². The second-order valence-electron chi connectivity index (χ2n) is 6.15. The number of nitrogens with one attached hydrogen (secondary N) is 1. The molecular formula is C18H27N5O2. The molecule has 0 atom stereocenters. The highest BCUT2D eigenvalue weighted by molar-refractivity contribution is 5.84. The van der Waals surface area contributed by atoms with Crippen molar-refractivity contribution in [2.24, 2.45) is 12.0 Å². The molecule has 0 unspecified atom stereocenters. The highest BCUT2D eigenvalue weighted by atomic mass is 16.3. The molecule has 2 rings (SSSR count). The highest BCUT2D eigenvalue weighted by Crippen LogP contribution is 2.04. The largest absolute Gasteiger partial charge is 0.469 e. The molecule has 0 fully saturated rings. The Balaban J connectivity index is 2.00. The maximum absolute atomic E-state index is 11.9. The number of carbonyl (C=O) groups is 1. The molecule has 2 heterocycles. The summed E-state index contributed by atoms with van der Waals surface area (Å²) in [5.74, 6) is 1.59. The molecule has 2 aromatic heterocycles. The number of furan rings is 1. The smallest absolute Gasteiger partial charge is 0.243 e. The van der Waals surface area contributed by atoms with Gasteiger partial charge in [-0.05, 0) is 24.3 Å². The number of amides is 1. The van der Waals surface area contributed by atoms with Crippen LogP contribution in [0.25, 0.3) is 0 Å². The fourth-order valence-electron chi connectivity index (χ4n) is 2.33. The number of aryl methyl sites for hydroxylation is 1. The molecule has 0 saturated heterocycles. The SMILES string of the molecule is CN(C)C(=O)CN=C(NCCc1ccco1)N(C)Cc1cccn1C.